The third kappa shape index (κ3) is 189. The fourth-order valence-electron chi connectivity index (χ4n) is 0. The summed E-state index contributed by atoms with van der Waals surface area (Å²) in [6, 6.07) is 0. The zero-order chi connectivity index (χ0) is 0. The third-order valence-corrected chi connectivity index (χ3v) is 0. The molecule has 0 saturated heterocycles. The van der Waals surface area contributed by atoms with E-state index >= 15 is 0 Å². The first-order chi connectivity index (χ1) is 0. The van der Waals surface area contributed by atoms with Crippen molar-refractivity contribution < 1.29 is 77.0 Å². The van der Waals surface area contributed by atoms with Crippen LogP contribution in [0, 0.1) is 0 Å². The van der Waals surface area contributed by atoms with Gasteiger partial charge in [-0.1, -0.05) is 0 Å². The van der Waals surface area contributed by atoms with Crippen LogP contribution in [0.2, 0.25) is 0 Å². The molecule has 0 saturated carbocycles. The van der Waals surface area contributed by atoms with Gasteiger partial charge in [-0.25, -0.2) is 0 Å². The second-order valence-electron chi connectivity index (χ2n) is 0. The molecule has 48 valence electrons. The van der Waals surface area contributed by atoms with Gasteiger partial charge in [0.05, 0.1) is 0 Å². The Hall–Kier alpha value is 1.21. The van der Waals surface area contributed by atoms with Crippen LogP contribution in [0.4, 0.5) is 0 Å². The van der Waals surface area contributed by atoms with Crippen molar-refractivity contribution in [3.63, 3.8) is 0 Å². The fourth-order valence-corrected chi connectivity index (χ4v) is 0. The molecule has 0 radical (unpaired) electrons. The van der Waals surface area contributed by atoms with E-state index in [2.05, 4.69) is 0 Å². The minimum Gasteiger partial charge on any atom is -2.00 e. The predicted octanol–water partition coefficient (Wildman–Crippen LogP) is -1.48. The van der Waals surface area contributed by atoms with Gasteiger partial charge in [0.25, 0.3) is 0 Å². The molecule has 0 heterocycles. The van der Waals surface area contributed by atoms with Crippen molar-refractivity contribution in [1.82, 2.24) is 0 Å². The van der Waals surface area contributed by atoms with Gasteiger partial charge in [-0.05, 0) is 0 Å². The molecule has 0 aliphatic rings. The Morgan fingerprint density at radius 1 is 0.625 bits per heavy atom. The molecule has 0 aromatic carbocycles. The van der Waals surface area contributed by atoms with Crippen molar-refractivity contribution in [1.29, 1.82) is 0 Å². The van der Waals surface area contributed by atoms with Crippen LogP contribution < -0.4 is 0 Å². The summed E-state index contributed by atoms with van der Waals surface area (Å²) in [6.45, 7) is 0. The van der Waals surface area contributed by atoms with Gasteiger partial charge in [0.15, 0.2) is 0 Å². The largest absolute Gasteiger partial charge is 5.00 e. The van der Waals surface area contributed by atoms with Gasteiger partial charge in [-0.2, -0.15) is 0 Å². The maximum absolute atomic E-state index is 0. The van der Waals surface area contributed by atoms with Crippen LogP contribution in [0.5, 0.6) is 0 Å². The standard InChI is InChI=1S/Nb.2H2O.4O.Ti/h;2*1H2;;;;;/q+5;;;4*-2;+4/p-1. The Morgan fingerprint density at radius 3 is 0.625 bits per heavy atom. The van der Waals surface area contributed by atoms with Crippen LogP contribution in [0.1, 0.15) is 0 Å². The van der Waals surface area contributed by atoms with Crippen LogP contribution in [-0.4, -0.2) is 11.0 Å². The van der Waals surface area contributed by atoms with Gasteiger partial charge in [0.1, 0.15) is 0 Å². The molecule has 0 unspecified atom stereocenters. The zero-order valence-corrected chi connectivity index (χ0v) is 7.29. The second-order valence-corrected chi connectivity index (χ2v) is 0. The van der Waals surface area contributed by atoms with Gasteiger partial charge in [0.2, 0.25) is 0 Å². The molecule has 0 spiro atoms. The van der Waals surface area contributed by atoms with E-state index in [-0.39, 0.29) is 77.0 Å². The SMILES string of the molecule is O.[Nb+5].[O-2].[O-2].[O-2].[O-2].[OH-].[Ti+4]. The maximum atomic E-state index is 0. The van der Waals surface area contributed by atoms with E-state index in [0.29, 0.717) is 0 Å². The van der Waals surface area contributed by atoms with Gasteiger partial charge >= 0.3 is 44.1 Å². The van der Waals surface area contributed by atoms with E-state index in [4.69, 9.17) is 0 Å². The zero-order valence-electron chi connectivity index (χ0n) is 3.53. The Bertz CT molecular complexity index is 8.49. The molecule has 0 amide bonds. The van der Waals surface area contributed by atoms with E-state index in [0.717, 1.165) is 0 Å². The van der Waals surface area contributed by atoms with Crippen molar-refractivity contribution in [2.75, 3.05) is 0 Å². The topological polar surface area (TPSA) is 176 Å². The summed E-state index contributed by atoms with van der Waals surface area (Å²) in [5.74, 6) is 0. The second kappa shape index (κ2) is 290. The molecule has 0 fully saturated rings. The predicted molar refractivity (Wildman–Crippen MR) is 8.30 cm³/mol. The van der Waals surface area contributed by atoms with Crippen LogP contribution >= 0.6 is 0 Å². The van der Waals surface area contributed by atoms with Crippen LogP contribution in [0.3, 0.4) is 0 Å². The first-order valence-electron chi connectivity index (χ1n) is 0. The van der Waals surface area contributed by atoms with E-state index < -0.39 is 0 Å². The maximum Gasteiger partial charge on any atom is 5.00 e. The number of hydrogen-bond acceptors (Lipinski definition) is 1. The molecule has 0 aliphatic heterocycles. The molecule has 0 aromatic heterocycles. The molecule has 8 heteroatoms. The van der Waals surface area contributed by atoms with Gasteiger partial charge < -0.3 is 32.9 Å². The average Bonchev–Trinajstić information content (AvgIpc) is 0. The summed E-state index contributed by atoms with van der Waals surface area (Å²) in [4.78, 5) is 0. The molecule has 0 aromatic rings. The van der Waals surface area contributed by atoms with Crippen molar-refractivity contribution in [2.45, 2.75) is 0 Å². The minimum absolute atomic E-state index is 0. The van der Waals surface area contributed by atoms with Crippen LogP contribution in [-0.2, 0) is 66.0 Å². The van der Waals surface area contributed by atoms with E-state index in [9.17, 15) is 0 Å². The molecule has 0 atom stereocenters. The summed E-state index contributed by atoms with van der Waals surface area (Å²) in [7, 11) is 0. The Morgan fingerprint density at radius 2 is 0.625 bits per heavy atom. The molecule has 0 rings (SSSR count). The molecule has 0 aliphatic carbocycles. The summed E-state index contributed by atoms with van der Waals surface area (Å²) in [5.41, 5.74) is 0. The fraction of sp³-hybridized carbons (Fsp3) is 0. The summed E-state index contributed by atoms with van der Waals surface area (Å²) < 4.78 is 0. The van der Waals surface area contributed by atoms with Gasteiger partial charge in [0, 0.05) is 0 Å². The van der Waals surface area contributed by atoms with E-state index in [1.807, 2.05) is 0 Å². The molecule has 6 nitrogen and oxygen atoms in total. The van der Waals surface area contributed by atoms with Gasteiger partial charge in [-0.15, -0.1) is 0 Å². The normalized spacial score (nSPS) is 0. The first-order valence-corrected chi connectivity index (χ1v) is 0. The summed E-state index contributed by atoms with van der Waals surface area (Å²) in [6.07, 6.45) is 0. The summed E-state index contributed by atoms with van der Waals surface area (Å²) in [5, 5.41) is 0. The summed E-state index contributed by atoms with van der Waals surface area (Å²) >= 11 is 0. The molecular weight excluding hydrogens is 237 g/mol. The first kappa shape index (κ1) is 422. The molecule has 0 bridgehead atoms. The van der Waals surface area contributed by atoms with E-state index in [1.54, 1.807) is 0 Å². The molecule has 3 N–H and O–H groups in total. The van der Waals surface area contributed by atoms with Gasteiger partial charge in [-0.3, -0.25) is 0 Å². The van der Waals surface area contributed by atoms with Crippen LogP contribution in [0.15, 0.2) is 0 Å². The molecule has 8 heavy (non-hydrogen) atoms. The Labute approximate surface area is 76.9 Å². The number of hydrogen-bond donors (Lipinski definition) is 0. The van der Waals surface area contributed by atoms with Crippen molar-refractivity contribution in [3.8, 4) is 0 Å². The monoisotopic (exact) mass is 240 g/mol. The molecular formula is H3NbO6Ti. The smallest absolute Gasteiger partial charge is 2.00 e. The van der Waals surface area contributed by atoms with Crippen molar-refractivity contribution in [3.05, 3.63) is 0 Å². The van der Waals surface area contributed by atoms with E-state index in [1.165, 1.54) is 0 Å². The Kier molecular flexibility index (Phi) is 15300. The minimum atomic E-state index is 0. The Balaban J connectivity index is 0. The van der Waals surface area contributed by atoms with Crippen LogP contribution in [0.25, 0.3) is 0 Å². The van der Waals surface area contributed by atoms with Crippen molar-refractivity contribution >= 4 is 0 Å². The van der Waals surface area contributed by atoms with Crippen molar-refractivity contribution in [2.24, 2.45) is 0 Å². The number of rotatable bonds is 0. The quantitative estimate of drug-likeness (QED) is 0.461. The third-order valence-electron chi connectivity index (χ3n) is 0. The average molecular weight is 240 g/mol.